The summed E-state index contributed by atoms with van der Waals surface area (Å²) in [5, 5.41) is 2.99. The van der Waals surface area contributed by atoms with Crippen LogP contribution in [0.5, 0.6) is 0 Å². The quantitative estimate of drug-likeness (QED) is 0.229. The molecule has 0 aromatic heterocycles. The van der Waals surface area contributed by atoms with E-state index in [1.54, 1.807) is 0 Å². The van der Waals surface area contributed by atoms with Crippen molar-refractivity contribution in [3.05, 3.63) is 4.91 Å². The minimum atomic E-state index is 0.500. The molecule has 0 amide bonds. The summed E-state index contributed by atoms with van der Waals surface area (Å²) in [6, 6.07) is 0. The van der Waals surface area contributed by atoms with Gasteiger partial charge in [0, 0.05) is 0 Å². The van der Waals surface area contributed by atoms with Gasteiger partial charge in [-0.05, 0) is 49.4 Å². The van der Waals surface area contributed by atoms with Crippen LogP contribution < -0.4 is 0 Å². The number of hydrogen-bond donors (Lipinski definition) is 0. The van der Waals surface area contributed by atoms with Crippen LogP contribution in [-0.2, 0) is 0 Å². The third kappa shape index (κ3) is 8.29. The van der Waals surface area contributed by atoms with Gasteiger partial charge in [-0.25, -0.2) is 0 Å². The summed E-state index contributed by atoms with van der Waals surface area (Å²) in [4.78, 5) is 10.2. The minimum Gasteiger partial charge on any atom is -0.151 e. The van der Waals surface area contributed by atoms with Gasteiger partial charge in [0.1, 0.15) is 0 Å². The molecule has 2 heteroatoms. The number of unbranched alkanes of at least 4 members (excludes halogenated alkanes) is 1. The van der Waals surface area contributed by atoms with E-state index in [2.05, 4.69) is 39.8 Å². The fourth-order valence-corrected chi connectivity index (χ4v) is 4.18. The molecule has 0 fully saturated rings. The molecule has 0 aliphatic heterocycles. The maximum atomic E-state index is 10.2. The maximum absolute atomic E-state index is 10.2. The van der Waals surface area contributed by atoms with E-state index in [0.29, 0.717) is 12.0 Å². The zero-order valence-corrected chi connectivity index (χ0v) is 16.0. The zero-order chi connectivity index (χ0) is 16.8. The Morgan fingerprint density at radius 1 is 0.818 bits per heavy atom. The van der Waals surface area contributed by atoms with Crippen LogP contribution >= 0.6 is 0 Å². The smallest absolute Gasteiger partial charge is 0.0811 e. The standard InChI is InChI=1S/C20H41NO/c1-6-11-19(12-9-10-17-21-22)13-16-20(14-7-2,15-8-3)18(4)5/h18-19H,6-17H2,1-5H3. The molecule has 0 aromatic rings. The van der Waals surface area contributed by atoms with Crippen LogP contribution in [0.25, 0.3) is 0 Å². The average molecular weight is 312 g/mol. The fourth-order valence-electron chi connectivity index (χ4n) is 4.18. The Morgan fingerprint density at radius 3 is 1.91 bits per heavy atom. The lowest BCUT2D eigenvalue weighted by atomic mass is 9.66. The third-order valence-electron chi connectivity index (χ3n) is 5.58. The first-order chi connectivity index (χ1) is 10.6. The Balaban J connectivity index is 4.55. The molecule has 0 bridgehead atoms. The molecular weight excluding hydrogens is 270 g/mol. The summed E-state index contributed by atoms with van der Waals surface area (Å²) in [6.45, 7) is 12.3. The van der Waals surface area contributed by atoms with E-state index >= 15 is 0 Å². The van der Waals surface area contributed by atoms with Crippen LogP contribution in [-0.4, -0.2) is 6.54 Å². The van der Waals surface area contributed by atoms with E-state index < -0.39 is 0 Å². The highest BCUT2D eigenvalue weighted by Crippen LogP contribution is 2.43. The van der Waals surface area contributed by atoms with Crippen LogP contribution in [0.2, 0.25) is 0 Å². The summed E-state index contributed by atoms with van der Waals surface area (Å²) in [5.74, 6) is 1.64. The van der Waals surface area contributed by atoms with Crippen LogP contribution in [0.15, 0.2) is 5.18 Å². The Morgan fingerprint density at radius 2 is 1.45 bits per heavy atom. The third-order valence-corrected chi connectivity index (χ3v) is 5.58. The van der Waals surface area contributed by atoms with Gasteiger partial charge in [0.15, 0.2) is 0 Å². The Bertz CT molecular complexity index is 256. The van der Waals surface area contributed by atoms with E-state index in [9.17, 15) is 4.91 Å². The summed E-state index contributed by atoms with van der Waals surface area (Å²) in [7, 11) is 0. The van der Waals surface area contributed by atoms with Gasteiger partial charge in [-0.3, -0.25) is 0 Å². The molecule has 132 valence electrons. The van der Waals surface area contributed by atoms with E-state index in [1.807, 2.05) is 0 Å². The second kappa shape index (κ2) is 13.1. The van der Waals surface area contributed by atoms with Crippen molar-refractivity contribution in [2.75, 3.05) is 6.54 Å². The Labute approximate surface area is 139 Å². The van der Waals surface area contributed by atoms with E-state index in [-0.39, 0.29) is 0 Å². The second-order valence-corrected chi connectivity index (χ2v) is 7.56. The number of rotatable bonds is 15. The predicted molar refractivity (Wildman–Crippen MR) is 99.2 cm³/mol. The summed E-state index contributed by atoms with van der Waals surface area (Å²) >= 11 is 0. The Kier molecular flexibility index (Phi) is 12.8. The molecule has 0 heterocycles. The molecule has 0 N–H and O–H groups in total. The van der Waals surface area contributed by atoms with Crippen molar-refractivity contribution in [1.29, 1.82) is 0 Å². The highest BCUT2D eigenvalue weighted by molar-refractivity contribution is 4.83. The topological polar surface area (TPSA) is 29.4 Å². The van der Waals surface area contributed by atoms with Crippen LogP contribution in [0.4, 0.5) is 0 Å². The summed E-state index contributed by atoms with van der Waals surface area (Å²) in [5.41, 5.74) is 0.555. The second-order valence-electron chi connectivity index (χ2n) is 7.56. The lowest BCUT2D eigenvalue weighted by Gasteiger charge is -2.39. The van der Waals surface area contributed by atoms with Crippen molar-refractivity contribution in [3.63, 3.8) is 0 Å². The summed E-state index contributed by atoms with van der Waals surface area (Å²) in [6.07, 6.45) is 14.2. The number of nitrogens with zero attached hydrogens (tertiary/aromatic N) is 1. The molecular formula is C20H41NO. The van der Waals surface area contributed by atoms with Crippen molar-refractivity contribution in [3.8, 4) is 0 Å². The van der Waals surface area contributed by atoms with Gasteiger partial charge < -0.3 is 0 Å². The molecule has 1 atom stereocenters. The van der Waals surface area contributed by atoms with Crippen LogP contribution in [0, 0.1) is 22.2 Å². The van der Waals surface area contributed by atoms with Crippen molar-refractivity contribution in [2.24, 2.45) is 22.4 Å². The highest BCUT2D eigenvalue weighted by atomic mass is 16.3. The van der Waals surface area contributed by atoms with Gasteiger partial charge in [-0.15, -0.1) is 0 Å². The van der Waals surface area contributed by atoms with Gasteiger partial charge in [-0.2, -0.15) is 4.91 Å². The van der Waals surface area contributed by atoms with Crippen LogP contribution in [0.3, 0.4) is 0 Å². The van der Waals surface area contributed by atoms with Crippen molar-refractivity contribution in [2.45, 2.75) is 105 Å². The largest absolute Gasteiger partial charge is 0.151 e. The molecule has 0 aliphatic carbocycles. The van der Waals surface area contributed by atoms with Crippen molar-refractivity contribution in [1.82, 2.24) is 0 Å². The Hall–Kier alpha value is -0.400. The predicted octanol–water partition coefficient (Wildman–Crippen LogP) is 7.36. The number of hydrogen-bond acceptors (Lipinski definition) is 2. The lowest BCUT2D eigenvalue weighted by Crippen LogP contribution is -2.28. The zero-order valence-electron chi connectivity index (χ0n) is 16.0. The monoisotopic (exact) mass is 311 g/mol. The fraction of sp³-hybridized carbons (Fsp3) is 1.00. The summed E-state index contributed by atoms with van der Waals surface area (Å²) < 4.78 is 0. The molecule has 2 nitrogen and oxygen atoms in total. The van der Waals surface area contributed by atoms with Gasteiger partial charge >= 0.3 is 0 Å². The molecule has 0 aromatic carbocycles. The molecule has 1 unspecified atom stereocenters. The molecule has 0 radical (unpaired) electrons. The first kappa shape index (κ1) is 21.6. The molecule has 0 saturated carbocycles. The van der Waals surface area contributed by atoms with Gasteiger partial charge in [-0.1, -0.05) is 78.3 Å². The lowest BCUT2D eigenvalue weighted by molar-refractivity contribution is 0.120. The molecule has 0 spiro atoms. The van der Waals surface area contributed by atoms with Crippen molar-refractivity contribution >= 4 is 0 Å². The van der Waals surface area contributed by atoms with Crippen molar-refractivity contribution < 1.29 is 0 Å². The van der Waals surface area contributed by atoms with Gasteiger partial charge in [0.25, 0.3) is 0 Å². The molecule has 0 aliphatic rings. The minimum absolute atomic E-state index is 0.500. The van der Waals surface area contributed by atoms with Gasteiger partial charge in [0.05, 0.1) is 6.54 Å². The van der Waals surface area contributed by atoms with E-state index in [1.165, 1.54) is 64.2 Å². The SMILES string of the molecule is CCCC(CCCCN=O)CCC(CCC)(CCC)C(C)C. The van der Waals surface area contributed by atoms with Gasteiger partial charge in [0.2, 0.25) is 0 Å². The highest BCUT2D eigenvalue weighted by Gasteiger charge is 2.32. The normalized spacial score (nSPS) is 13.5. The first-order valence-corrected chi connectivity index (χ1v) is 9.85. The maximum Gasteiger partial charge on any atom is 0.0811 e. The number of nitroso groups, excluding NO2 is 1. The molecule has 22 heavy (non-hydrogen) atoms. The molecule has 0 rings (SSSR count). The first-order valence-electron chi connectivity index (χ1n) is 9.85. The molecule has 0 saturated heterocycles. The van der Waals surface area contributed by atoms with E-state index in [4.69, 9.17) is 0 Å². The average Bonchev–Trinajstić information content (AvgIpc) is 2.49. The van der Waals surface area contributed by atoms with Crippen LogP contribution in [0.1, 0.15) is 105 Å². The van der Waals surface area contributed by atoms with E-state index in [0.717, 1.165) is 18.3 Å².